The summed E-state index contributed by atoms with van der Waals surface area (Å²) in [5.74, 6) is 0. The number of para-hydroxylation sites is 3. The van der Waals surface area contributed by atoms with Gasteiger partial charge >= 0.3 is 0 Å². The molecule has 0 aliphatic heterocycles. The van der Waals surface area contributed by atoms with E-state index < -0.39 is 0 Å². The van der Waals surface area contributed by atoms with E-state index in [9.17, 15) is 0 Å². The van der Waals surface area contributed by atoms with Crippen LogP contribution in [0.15, 0.2) is 194 Å². The molecule has 0 saturated carbocycles. The third kappa shape index (κ3) is 4.50. The first-order valence-electron chi connectivity index (χ1n) is 17.2. The zero-order chi connectivity index (χ0) is 33.0. The summed E-state index contributed by atoms with van der Waals surface area (Å²) in [7, 11) is 0. The van der Waals surface area contributed by atoms with Gasteiger partial charge in [0.15, 0.2) is 0 Å². The standard InChI is InChI=1S/C48H32N2/c1-3-13-33(14-4-1)36-25-29-39(35-15-5-2-6-16-35)47(31-36)50-46-22-12-9-19-42(46)43-30-26-37(32-48(43)50)34-23-27-38(28-24-34)49-44-20-10-7-17-40(44)41-18-8-11-21-45(41)49/h1-32H. The van der Waals surface area contributed by atoms with Crippen LogP contribution in [0.2, 0.25) is 0 Å². The molecule has 0 fully saturated rings. The molecule has 0 aliphatic rings. The molecule has 2 heteroatoms. The SMILES string of the molecule is c1ccc(-c2ccc(-c3ccccc3)c(-n3c4ccccc4c4ccc(-c5ccc(-n6c7ccccc7c7ccccc76)cc5)cc43)c2)cc1. The van der Waals surface area contributed by atoms with Gasteiger partial charge in [0.25, 0.3) is 0 Å². The highest BCUT2D eigenvalue weighted by atomic mass is 15.0. The van der Waals surface area contributed by atoms with Crippen molar-refractivity contribution in [1.29, 1.82) is 0 Å². The van der Waals surface area contributed by atoms with Crippen molar-refractivity contribution in [3.63, 3.8) is 0 Å². The third-order valence-electron chi connectivity index (χ3n) is 10.1. The van der Waals surface area contributed by atoms with Crippen molar-refractivity contribution in [3.05, 3.63) is 194 Å². The first-order chi connectivity index (χ1) is 24.8. The lowest BCUT2D eigenvalue weighted by molar-refractivity contribution is 1.18. The highest BCUT2D eigenvalue weighted by molar-refractivity contribution is 6.11. The van der Waals surface area contributed by atoms with E-state index in [4.69, 9.17) is 0 Å². The summed E-state index contributed by atoms with van der Waals surface area (Å²) in [6, 6.07) is 70.4. The van der Waals surface area contributed by atoms with Crippen molar-refractivity contribution in [2.24, 2.45) is 0 Å². The molecule has 8 aromatic carbocycles. The molecular formula is C48H32N2. The van der Waals surface area contributed by atoms with E-state index in [1.807, 2.05) is 0 Å². The zero-order valence-electron chi connectivity index (χ0n) is 27.4. The molecule has 50 heavy (non-hydrogen) atoms. The largest absolute Gasteiger partial charge is 0.309 e. The van der Waals surface area contributed by atoms with Crippen LogP contribution in [0.25, 0.3) is 88.4 Å². The number of aromatic nitrogens is 2. The topological polar surface area (TPSA) is 9.86 Å². The quantitative estimate of drug-likeness (QED) is 0.178. The average molecular weight is 637 g/mol. The predicted molar refractivity (Wildman–Crippen MR) is 211 cm³/mol. The minimum atomic E-state index is 1.16. The molecule has 0 bridgehead atoms. The van der Waals surface area contributed by atoms with Crippen LogP contribution in [-0.2, 0) is 0 Å². The predicted octanol–water partition coefficient (Wildman–Crippen LogP) is 12.9. The minimum absolute atomic E-state index is 1.16. The molecule has 0 N–H and O–H groups in total. The van der Waals surface area contributed by atoms with Crippen molar-refractivity contribution < 1.29 is 0 Å². The summed E-state index contributed by atoms with van der Waals surface area (Å²) in [5, 5.41) is 5.04. The highest BCUT2D eigenvalue weighted by Crippen LogP contribution is 2.40. The number of hydrogen-bond donors (Lipinski definition) is 0. The van der Waals surface area contributed by atoms with Gasteiger partial charge in [0.05, 0.1) is 27.8 Å². The Bertz CT molecular complexity index is 2790. The summed E-state index contributed by atoms with van der Waals surface area (Å²) in [5.41, 5.74) is 14.3. The van der Waals surface area contributed by atoms with Crippen LogP contribution in [0, 0.1) is 0 Å². The van der Waals surface area contributed by atoms with E-state index in [1.54, 1.807) is 0 Å². The third-order valence-corrected chi connectivity index (χ3v) is 10.1. The Kier molecular flexibility index (Phi) is 6.53. The number of nitrogens with zero attached hydrogens (tertiary/aromatic N) is 2. The molecule has 0 aliphatic carbocycles. The second-order valence-electron chi connectivity index (χ2n) is 13.0. The Labute approximate surface area is 290 Å². The van der Waals surface area contributed by atoms with E-state index in [1.165, 1.54) is 82.7 Å². The highest BCUT2D eigenvalue weighted by Gasteiger charge is 2.18. The molecule has 2 aromatic heterocycles. The van der Waals surface area contributed by atoms with Gasteiger partial charge < -0.3 is 9.13 Å². The van der Waals surface area contributed by atoms with Crippen LogP contribution in [0.5, 0.6) is 0 Å². The fourth-order valence-electron chi connectivity index (χ4n) is 7.80. The number of fused-ring (bicyclic) bond motifs is 6. The maximum absolute atomic E-state index is 2.47. The molecule has 0 atom stereocenters. The summed E-state index contributed by atoms with van der Waals surface area (Å²) in [6.07, 6.45) is 0. The smallest absolute Gasteiger partial charge is 0.0547 e. The average Bonchev–Trinajstić information content (AvgIpc) is 3.71. The monoisotopic (exact) mass is 636 g/mol. The summed E-state index contributed by atoms with van der Waals surface area (Å²) < 4.78 is 4.84. The van der Waals surface area contributed by atoms with Crippen molar-refractivity contribution in [1.82, 2.24) is 9.13 Å². The van der Waals surface area contributed by atoms with Crippen LogP contribution in [0.3, 0.4) is 0 Å². The van der Waals surface area contributed by atoms with Crippen LogP contribution in [0.4, 0.5) is 0 Å². The maximum atomic E-state index is 2.47. The molecule has 10 rings (SSSR count). The van der Waals surface area contributed by atoms with E-state index >= 15 is 0 Å². The minimum Gasteiger partial charge on any atom is -0.309 e. The van der Waals surface area contributed by atoms with Crippen molar-refractivity contribution in [2.45, 2.75) is 0 Å². The van der Waals surface area contributed by atoms with E-state index in [0.29, 0.717) is 0 Å². The van der Waals surface area contributed by atoms with Gasteiger partial charge in [0, 0.05) is 32.8 Å². The Balaban J connectivity index is 1.16. The molecule has 0 amide bonds. The summed E-state index contributed by atoms with van der Waals surface area (Å²) >= 11 is 0. The molecule has 234 valence electrons. The molecule has 0 radical (unpaired) electrons. The molecule has 2 heterocycles. The van der Waals surface area contributed by atoms with Crippen molar-refractivity contribution >= 4 is 43.6 Å². The van der Waals surface area contributed by atoms with Crippen LogP contribution in [0.1, 0.15) is 0 Å². The lowest BCUT2D eigenvalue weighted by Crippen LogP contribution is -1.98. The normalized spacial score (nSPS) is 11.6. The van der Waals surface area contributed by atoms with Crippen molar-refractivity contribution in [3.8, 4) is 44.8 Å². The molecule has 0 saturated heterocycles. The van der Waals surface area contributed by atoms with Gasteiger partial charge in [0.2, 0.25) is 0 Å². The number of hydrogen-bond acceptors (Lipinski definition) is 0. The summed E-state index contributed by atoms with van der Waals surface area (Å²) in [4.78, 5) is 0. The van der Waals surface area contributed by atoms with E-state index in [-0.39, 0.29) is 0 Å². The first-order valence-corrected chi connectivity index (χ1v) is 17.2. The zero-order valence-corrected chi connectivity index (χ0v) is 27.4. The second kappa shape index (κ2) is 11.5. The Hall–Kier alpha value is -6.64. The molecule has 2 nitrogen and oxygen atoms in total. The Morgan fingerprint density at radius 1 is 0.260 bits per heavy atom. The van der Waals surface area contributed by atoms with E-state index in [0.717, 1.165) is 5.69 Å². The van der Waals surface area contributed by atoms with Crippen LogP contribution < -0.4 is 0 Å². The van der Waals surface area contributed by atoms with Gasteiger partial charge in [-0.15, -0.1) is 0 Å². The lowest BCUT2D eigenvalue weighted by atomic mass is 9.97. The van der Waals surface area contributed by atoms with Crippen LogP contribution >= 0.6 is 0 Å². The van der Waals surface area contributed by atoms with E-state index in [2.05, 4.69) is 203 Å². The molecular weight excluding hydrogens is 605 g/mol. The van der Waals surface area contributed by atoms with Crippen molar-refractivity contribution in [2.75, 3.05) is 0 Å². The van der Waals surface area contributed by atoms with Gasteiger partial charge in [0.1, 0.15) is 0 Å². The fraction of sp³-hybridized carbons (Fsp3) is 0. The second-order valence-corrected chi connectivity index (χ2v) is 13.0. The van der Waals surface area contributed by atoms with Gasteiger partial charge in [-0.2, -0.15) is 0 Å². The maximum Gasteiger partial charge on any atom is 0.0547 e. The Morgan fingerprint density at radius 3 is 1.32 bits per heavy atom. The summed E-state index contributed by atoms with van der Waals surface area (Å²) in [6.45, 7) is 0. The molecule has 10 aromatic rings. The molecule has 0 unspecified atom stereocenters. The van der Waals surface area contributed by atoms with Gasteiger partial charge in [-0.1, -0.05) is 152 Å². The fourth-order valence-corrected chi connectivity index (χ4v) is 7.80. The van der Waals surface area contributed by atoms with Crippen LogP contribution in [-0.4, -0.2) is 9.13 Å². The van der Waals surface area contributed by atoms with Gasteiger partial charge in [-0.3, -0.25) is 0 Å². The van der Waals surface area contributed by atoms with Gasteiger partial charge in [-0.05, 0) is 70.3 Å². The number of benzene rings is 8. The Morgan fingerprint density at radius 2 is 0.700 bits per heavy atom. The lowest BCUT2D eigenvalue weighted by Gasteiger charge is -2.17. The first kappa shape index (κ1) is 28.4. The van der Waals surface area contributed by atoms with Gasteiger partial charge in [-0.25, -0.2) is 0 Å². The molecule has 0 spiro atoms. The number of rotatable bonds is 5.